The highest BCUT2D eigenvalue weighted by Crippen LogP contribution is 2.43. The first-order valence-electron chi connectivity index (χ1n) is 11.9. The quantitative estimate of drug-likeness (QED) is 0.457. The largest absolute Gasteiger partial charge is 0.492 e. The molecule has 2 aliphatic rings. The van der Waals surface area contributed by atoms with E-state index in [-0.39, 0.29) is 0 Å². The van der Waals surface area contributed by atoms with Crippen LogP contribution in [0.5, 0.6) is 5.75 Å². The van der Waals surface area contributed by atoms with Gasteiger partial charge in [-0.25, -0.2) is 0 Å². The molecule has 0 unspecified atom stereocenters. The highest BCUT2D eigenvalue weighted by Gasteiger charge is 2.30. The van der Waals surface area contributed by atoms with E-state index >= 15 is 0 Å². The van der Waals surface area contributed by atoms with Crippen molar-refractivity contribution in [3.63, 3.8) is 0 Å². The number of rotatable bonds is 9. The lowest BCUT2D eigenvalue weighted by Gasteiger charge is -2.38. The van der Waals surface area contributed by atoms with Crippen molar-refractivity contribution in [1.82, 2.24) is 4.98 Å². The predicted molar refractivity (Wildman–Crippen MR) is 114 cm³/mol. The zero-order valence-electron chi connectivity index (χ0n) is 17.8. The molecule has 2 saturated carbocycles. The summed E-state index contributed by atoms with van der Waals surface area (Å²) in [6, 6.07) is 4.22. The average molecular weight is 372 g/mol. The maximum absolute atomic E-state index is 5.49. The van der Waals surface area contributed by atoms with Gasteiger partial charge in [0.15, 0.2) is 0 Å². The van der Waals surface area contributed by atoms with Gasteiger partial charge in [0.2, 0.25) is 0 Å². The Balaban J connectivity index is 1.33. The summed E-state index contributed by atoms with van der Waals surface area (Å²) in [6.07, 6.45) is 20.6. The first-order valence-corrected chi connectivity index (χ1v) is 11.9. The van der Waals surface area contributed by atoms with E-state index in [2.05, 4.69) is 24.0 Å². The van der Waals surface area contributed by atoms with E-state index < -0.39 is 0 Å². The molecule has 0 N–H and O–H groups in total. The van der Waals surface area contributed by atoms with Crippen molar-refractivity contribution in [3.8, 4) is 5.75 Å². The number of ether oxygens (including phenoxy) is 1. The summed E-state index contributed by atoms with van der Waals surface area (Å²) in [5.74, 6) is 4.97. The van der Waals surface area contributed by atoms with Gasteiger partial charge >= 0.3 is 0 Å². The van der Waals surface area contributed by atoms with Gasteiger partial charge in [-0.05, 0) is 81.3 Å². The summed E-state index contributed by atoms with van der Waals surface area (Å²) in [6.45, 7) is 5.06. The molecule has 2 aliphatic carbocycles. The molecule has 0 aromatic carbocycles. The van der Waals surface area contributed by atoms with E-state index in [0.717, 1.165) is 35.8 Å². The Bertz CT molecular complexity index is 510. The number of hydrogen-bond donors (Lipinski definition) is 0. The molecule has 0 spiro atoms. The first-order chi connectivity index (χ1) is 13.3. The van der Waals surface area contributed by atoms with Crippen molar-refractivity contribution >= 4 is 0 Å². The van der Waals surface area contributed by atoms with E-state index in [1.807, 2.05) is 13.1 Å². The Morgan fingerprint density at radius 2 is 1.48 bits per heavy atom. The molecule has 0 atom stereocenters. The van der Waals surface area contributed by atoms with Crippen molar-refractivity contribution in [2.75, 3.05) is 6.61 Å². The second kappa shape index (κ2) is 11.1. The molecule has 152 valence electrons. The fourth-order valence-electron chi connectivity index (χ4n) is 5.55. The normalized spacial score (nSPS) is 28.8. The molecule has 2 fully saturated rings. The zero-order chi connectivity index (χ0) is 18.9. The van der Waals surface area contributed by atoms with Gasteiger partial charge in [-0.3, -0.25) is 4.98 Å². The number of nitrogens with zero attached hydrogens (tertiary/aromatic N) is 1. The Labute approximate surface area is 167 Å². The zero-order valence-corrected chi connectivity index (χ0v) is 17.8. The van der Waals surface area contributed by atoms with E-state index in [1.54, 1.807) is 0 Å². The Morgan fingerprint density at radius 1 is 0.852 bits per heavy atom. The van der Waals surface area contributed by atoms with Crippen molar-refractivity contribution in [3.05, 3.63) is 24.0 Å². The van der Waals surface area contributed by atoms with Crippen molar-refractivity contribution in [1.29, 1.82) is 0 Å². The third-order valence-electron chi connectivity index (χ3n) is 7.33. The summed E-state index contributed by atoms with van der Waals surface area (Å²) in [7, 11) is 0. The Morgan fingerprint density at radius 3 is 2.00 bits per heavy atom. The van der Waals surface area contributed by atoms with Crippen LogP contribution in [0.25, 0.3) is 0 Å². The molecular formula is C25H41NO. The number of hydrogen-bond acceptors (Lipinski definition) is 2. The van der Waals surface area contributed by atoms with Gasteiger partial charge < -0.3 is 4.74 Å². The van der Waals surface area contributed by atoms with E-state index in [0.29, 0.717) is 6.61 Å². The Kier molecular flexibility index (Phi) is 8.48. The minimum atomic E-state index is 0.713. The standard InChI is InChI=1S/C25H41NO/c1-3-5-6-20-7-12-22(13-8-20)23-14-9-21(10-15-23)11-16-24-17-18-25(19-26-24)27-4-2/h17-23H,3-16H2,1-2H3. The van der Waals surface area contributed by atoms with Crippen LogP contribution in [-0.4, -0.2) is 11.6 Å². The van der Waals surface area contributed by atoms with Gasteiger partial charge in [0, 0.05) is 5.69 Å². The van der Waals surface area contributed by atoms with Crippen LogP contribution < -0.4 is 4.74 Å². The summed E-state index contributed by atoms with van der Waals surface area (Å²) in [5.41, 5.74) is 1.23. The van der Waals surface area contributed by atoms with E-state index in [1.165, 1.54) is 82.7 Å². The molecule has 2 nitrogen and oxygen atoms in total. The van der Waals surface area contributed by atoms with Gasteiger partial charge in [0.25, 0.3) is 0 Å². The maximum atomic E-state index is 5.49. The second-order valence-electron chi connectivity index (χ2n) is 9.16. The van der Waals surface area contributed by atoms with Crippen molar-refractivity contribution in [2.45, 2.75) is 97.3 Å². The van der Waals surface area contributed by atoms with Crippen LogP contribution in [0.2, 0.25) is 0 Å². The van der Waals surface area contributed by atoms with Gasteiger partial charge in [-0.15, -0.1) is 0 Å². The first kappa shape index (κ1) is 20.7. The average Bonchev–Trinajstić information content (AvgIpc) is 2.73. The van der Waals surface area contributed by atoms with Gasteiger partial charge in [-0.2, -0.15) is 0 Å². The maximum Gasteiger partial charge on any atom is 0.137 e. The van der Waals surface area contributed by atoms with Crippen LogP contribution >= 0.6 is 0 Å². The summed E-state index contributed by atoms with van der Waals surface area (Å²) in [4.78, 5) is 4.57. The minimum absolute atomic E-state index is 0.713. The molecule has 27 heavy (non-hydrogen) atoms. The fourth-order valence-corrected chi connectivity index (χ4v) is 5.55. The third-order valence-corrected chi connectivity index (χ3v) is 7.33. The highest BCUT2D eigenvalue weighted by molar-refractivity contribution is 5.19. The minimum Gasteiger partial charge on any atom is -0.492 e. The van der Waals surface area contributed by atoms with E-state index in [4.69, 9.17) is 4.74 Å². The molecule has 1 aromatic rings. The van der Waals surface area contributed by atoms with Crippen LogP contribution in [0.3, 0.4) is 0 Å². The van der Waals surface area contributed by atoms with Crippen LogP contribution in [-0.2, 0) is 6.42 Å². The lowest BCUT2D eigenvalue weighted by Crippen LogP contribution is -2.26. The number of aryl methyl sites for hydroxylation is 1. The molecule has 0 bridgehead atoms. The van der Waals surface area contributed by atoms with Crippen LogP contribution in [0.4, 0.5) is 0 Å². The topological polar surface area (TPSA) is 22.1 Å². The monoisotopic (exact) mass is 371 g/mol. The SMILES string of the molecule is CCCCC1CCC(C2CCC(CCc3ccc(OCC)cn3)CC2)CC1. The second-order valence-corrected chi connectivity index (χ2v) is 9.16. The van der Waals surface area contributed by atoms with Crippen LogP contribution in [0.1, 0.15) is 96.6 Å². The summed E-state index contributed by atoms with van der Waals surface area (Å²) < 4.78 is 5.49. The highest BCUT2D eigenvalue weighted by atomic mass is 16.5. The lowest BCUT2D eigenvalue weighted by molar-refractivity contribution is 0.140. The fraction of sp³-hybridized carbons (Fsp3) is 0.800. The van der Waals surface area contributed by atoms with Gasteiger partial charge in [0.05, 0.1) is 12.8 Å². The van der Waals surface area contributed by atoms with Crippen LogP contribution in [0, 0.1) is 23.7 Å². The number of unbranched alkanes of at least 4 members (excludes halogenated alkanes) is 1. The smallest absolute Gasteiger partial charge is 0.137 e. The predicted octanol–water partition coefficient (Wildman–Crippen LogP) is 7.22. The molecular weight excluding hydrogens is 330 g/mol. The van der Waals surface area contributed by atoms with Crippen LogP contribution in [0.15, 0.2) is 18.3 Å². The number of pyridine rings is 1. The third kappa shape index (κ3) is 6.50. The van der Waals surface area contributed by atoms with Crippen molar-refractivity contribution in [2.24, 2.45) is 23.7 Å². The lowest BCUT2D eigenvalue weighted by atomic mass is 9.68. The molecule has 0 radical (unpaired) electrons. The van der Waals surface area contributed by atoms with E-state index in [9.17, 15) is 0 Å². The van der Waals surface area contributed by atoms with Gasteiger partial charge in [-0.1, -0.05) is 51.9 Å². The molecule has 0 saturated heterocycles. The van der Waals surface area contributed by atoms with Crippen molar-refractivity contribution < 1.29 is 4.74 Å². The molecule has 2 heteroatoms. The summed E-state index contributed by atoms with van der Waals surface area (Å²) in [5, 5.41) is 0. The molecule has 1 aromatic heterocycles. The molecule has 1 heterocycles. The van der Waals surface area contributed by atoms with Gasteiger partial charge in [0.1, 0.15) is 5.75 Å². The molecule has 0 amide bonds. The summed E-state index contributed by atoms with van der Waals surface area (Å²) >= 11 is 0. The number of aromatic nitrogens is 1. The molecule has 3 rings (SSSR count). The Hall–Kier alpha value is -1.05. The molecule has 0 aliphatic heterocycles.